The molecule has 1 heterocycles. The Balaban J connectivity index is 1.77. The van der Waals surface area contributed by atoms with Crippen LogP contribution in [-0.4, -0.2) is 35.0 Å². The number of hydrogen-bond acceptors (Lipinski definition) is 2. The highest BCUT2D eigenvalue weighted by molar-refractivity contribution is 5.90. The average molecular weight is 297 g/mol. The smallest absolute Gasteiger partial charge is 0.308 e. The molecular weight excluding hydrogens is 278 g/mol. The first kappa shape index (κ1) is 14.6. The van der Waals surface area contributed by atoms with Gasteiger partial charge >= 0.3 is 5.97 Å². The summed E-state index contributed by atoms with van der Waals surface area (Å²) in [6.07, 6.45) is 1.75. The van der Waals surface area contributed by atoms with E-state index in [1.165, 1.54) is 0 Å². The molecule has 1 aliphatic rings. The normalized spacial score (nSPS) is 18.4. The van der Waals surface area contributed by atoms with Crippen LogP contribution in [-0.2, 0) is 16.0 Å². The number of hydrogen-bond donors (Lipinski definition) is 1. The number of aliphatic carboxylic acids is 1. The molecule has 4 heteroatoms. The zero-order valence-electron chi connectivity index (χ0n) is 12.4. The van der Waals surface area contributed by atoms with E-state index in [2.05, 4.69) is 0 Å². The van der Waals surface area contributed by atoms with Gasteiger partial charge < -0.3 is 10.0 Å². The van der Waals surface area contributed by atoms with Crippen LogP contribution in [0.3, 0.4) is 0 Å². The van der Waals surface area contributed by atoms with Crippen LogP contribution in [0.5, 0.6) is 0 Å². The van der Waals surface area contributed by atoms with E-state index in [1.54, 1.807) is 4.90 Å². The first-order chi connectivity index (χ1) is 10.6. The molecule has 1 amide bonds. The first-order valence-electron chi connectivity index (χ1n) is 7.62. The van der Waals surface area contributed by atoms with E-state index in [-0.39, 0.29) is 5.91 Å². The lowest BCUT2D eigenvalue weighted by Crippen LogP contribution is -2.43. The van der Waals surface area contributed by atoms with Crippen LogP contribution in [0.25, 0.3) is 10.8 Å². The fraction of sp³-hybridized carbons (Fsp3) is 0.333. The fourth-order valence-corrected chi connectivity index (χ4v) is 3.13. The minimum atomic E-state index is -0.803. The minimum Gasteiger partial charge on any atom is -0.481 e. The Kier molecular flexibility index (Phi) is 4.09. The third kappa shape index (κ3) is 2.96. The number of carboxylic acid groups (broad SMARTS) is 1. The summed E-state index contributed by atoms with van der Waals surface area (Å²) in [7, 11) is 0. The Morgan fingerprint density at radius 3 is 2.73 bits per heavy atom. The second-order valence-electron chi connectivity index (χ2n) is 5.83. The second kappa shape index (κ2) is 6.18. The number of fused-ring (bicyclic) bond motifs is 1. The van der Waals surface area contributed by atoms with Crippen LogP contribution < -0.4 is 0 Å². The van der Waals surface area contributed by atoms with Gasteiger partial charge in [0.15, 0.2) is 0 Å². The number of amides is 1. The molecule has 1 N–H and O–H groups in total. The third-order valence-electron chi connectivity index (χ3n) is 4.34. The Morgan fingerprint density at radius 2 is 1.91 bits per heavy atom. The molecule has 0 aromatic heterocycles. The molecule has 22 heavy (non-hydrogen) atoms. The van der Waals surface area contributed by atoms with E-state index in [1.807, 2.05) is 42.5 Å². The number of carbonyl (C=O) groups excluding carboxylic acids is 1. The molecule has 1 fully saturated rings. The number of carbonyl (C=O) groups is 2. The fourth-order valence-electron chi connectivity index (χ4n) is 3.13. The summed E-state index contributed by atoms with van der Waals surface area (Å²) >= 11 is 0. The topological polar surface area (TPSA) is 57.6 Å². The van der Waals surface area contributed by atoms with Gasteiger partial charge in [0.1, 0.15) is 0 Å². The lowest BCUT2D eigenvalue weighted by Gasteiger charge is -2.31. The highest BCUT2D eigenvalue weighted by Crippen LogP contribution is 2.21. The summed E-state index contributed by atoms with van der Waals surface area (Å²) in [6, 6.07) is 14.0. The Bertz CT molecular complexity index is 705. The molecule has 3 rings (SSSR count). The largest absolute Gasteiger partial charge is 0.481 e. The van der Waals surface area contributed by atoms with Crippen LogP contribution in [0.1, 0.15) is 18.4 Å². The van der Waals surface area contributed by atoms with Gasteiger partial charge in [0.25, 0.3) is 0 Å². The molecule has 2 aromatic carbocycles. The van der Waals surface area contributed by atoms with Gasteiger partial charge in [-0.15, -0.1) is 0 Å². The van der Waals surface area contributed by atoms with Crippen molar-refractivity contribution in [2.45, 2.75) is 19.3 Å². The van der Waals surface area contributed by atoms with Gasteiger partial charge in [-0.2, -0.15) is 0 Å². The Labute approximate surface area is 129 Å². The van der Waals surface area contributed by atoms with Crippen LogP contribution in [0.15, 0.2) is 42.5 Å². The third-order valence-corrected chi connectivity index (χ3v) is 4.34. The molecule has 114 valence electrons. The average Bonchev–Trinajstić information content (AvgIpc) is 2.55. The van der Waals surface area contributed by atoms with E-state index in [4.69, 9.17) is 5.11 Å². The molecule has 2 aromatic rings. The van der Waals surface area contributed by atoms with Crippen LogP contribution in [0.2, 0.25) is 0 Å². The Hall–Kier alpha value is -2.36. The van der Waals surface area contributed by atoms with Crippen molar-refractivity contribution in [1.82, 2.24) is 4.90 Å². The van der Waals surface area contributed by atoms with Gasteiger partial charge in [0.05, 0.1) is 12.3 Å². The van der Waals surface area contributed by atoms with Crippen LogP contribution in [0, 0.1) is 5.92 Å². The van der Waals surface area contributed by atoms with Crippen molar-refractivity contribution in [2.24, 2.45) is 5.92 Å². The zero-order chi connectivity index (χ0) is 15.5. The summed E-state index contributed by atoms with van der Waals surface area (Å²) in [5.41, 5.74) is 1.00. The number of rotatable bonds is 3. The predicted octanol–water partition coefficient (Wildman–Crippen LogP) is 2.71. The molecule has 0 aliphatic carbocycles. The Morgan fingerprint density at radius 1 is 1.14 bits per heavy atom. The number of likely N-dealkylation sites (tertiary alicyclic amines) is 1. The maximum atomic E-state index is 12.5. The minimum absolute atomic E-state index is 0.0160. The van der Waals surface area contributed by atoms with Crippen molar-refractivity contribution in [3.05, 3.63) is 48.0 Å². The van der Waals surface area contributed by atoms with E-state index in [9.17, 15) is 9.59 Å². The molecule has 0 bridgehead atoms. The lowest BCUT2D eigenvalue weighted by molar-refractivity contribution is -0.145. The van der Waals surface area contributed by atoms with Crippen LogP contribution in [0.4, 0.5) is 0 Å². The maximum Gasteiger partial charge on any atom is 0.308 e. The number of benzene rings is 2. The highest BCUT2D eigenvalue weighted by atomic mass is 16.4. The zero-order valence-corrected chi connectivity index (χ0v) is 12.4. The summed E-state index contributed by atoms with van der Waals surface area (Å²) in [5, 5.41) is 11.3. The first-order valence-corrected chi connectivity index (χ1v) is 7.62. The van der Waals surface area contributed by atoms with Gasteiger partial charge in [-0.25, -0.2) is 0 Å². The van der Waals surface area contributed by atoms with Crippen molar-refractivity contribution in [3.8, 4) is 0 Å². The van der Waals surface area contributed by atoms with Crippen molar-refractivity contribution < 1.29 is 14.7 Å². The molecule has 1 unspecified atom stereocenters. The summed E-state index contributed by atoms with van der Waals surface area (Å²) < 4.78 is 0. The molecule has 0 radical (unpaired) electrons. The highest BCUT2D eigenvalue weighted by Gasteiger charge is 2.28. The van der Waals surface area contributed by atoms with Crippen molar-refractivity contribution in [1.29, 1.82) is 0 Å². The number of nitrogens with zero attached hydrogens (tertiary/aromatic N) is 1. The van der Waals surface area contributed by atoms with Gasteiger partial charge in [0.2, 0.25) is 5.91 Å². The summed E-state index contributed by atoms with van der Waals surface area (Å²) in [5.74, 6) is -1.21. The summed E-state index contributed by atoms with van der Waals surface area (Å²) in [6.45, 7) is 0.992. The van der Waals surface area contributed by atoms with E-state index in [0.717, 1.165) is 22.8 Å². The van der Waals surface area contributed by atoms with E-state index >= 15 is 0 Å². The SMILES string of the molecule is O=C(O)C1CCCN(C(=O)Cc2cccc3ccccc23)C1. The van der Waals surface area contributed by atoms with Crippen molar-refractivity contribution in [3.63, 3.8) is 0 Å². The molecular formula is C18H19NO3. The quantitative estimate of drug-likeness (QED) is 0.947. The monoisotopic (exact) mass is 297 g/mol. The van der Waals surface area contributed by atoms with Gasteiger partial charge in [-0.3, -0.25) is 9.59 Å². The van der Waals surface area contributed by atoms with Crippen molar-refractivity contribution >= 4 is 22.6 Å². The second-order valence-corrected chi connectivity index (χ2v) is 5.83. The molecule has 0 spiro atoms. The molecule has 1 aliphatic heterocycles. The molecule has 1 saturated heterocycles. The lowest BCUT2D eigenvalue weighted by atomic mass is 9.97. The van der Waals surface area contributed by atoms with Gasteiger partial charge in [-0.1, -0.05) is 42.5 Å². The van der Waals surface area contributed by atoms with Crippen LogP contribution >= 0.6 is 0 Å². The van der Waals surface area contributed by atoms with E-state index < -0.39 is 11.9 Å². The molecule has 0 saturated carbocycles. The number of carboxylic acids is 1. The van der Waals surface area contributed by atoms with Crippen molar-refractivity contribution in [2.75, 3.05) is 13.1 Å². The molecule has 4 nitrogen and oxygen atoms in total. The predicted molar refractivity (Wildman–Crippen MR) is 84.6 cm³/mol. The van der Waals surface area contributed by atoms with E-state index in [0.29, 0.717) is 25.9 Å². The molecule has 1 atom stereocenters. The van der Waals surface area contributed by atoms with Gasteiger partial charge in [-0.05, 0) is 29.2 Å². The summed E-state index contributed by atoms with van der Waals surface area (Å²) in [4.78, 5) is 25.3. The standard InChI is InChI=1S/C18H19NO3/c20-17(19-10-4-8-15(12-19)18(21)22)11-14-7-3-6-13-5-1-2-9-16(13)14/h1-3,5-7,9,15H,4,8,10-12H2,(H,21,22). The maximum absolute atomic E-state index is 12.5. The number of piperidine rings is 1. The van der Waals surface area contributed by atoms with Gasteiger partial charge in [0, 0.05) is 13.1 Å².